The van der Waals surface area contributed by atoms with Crippen molar-refractivity contribution in [2.75, 3.05) is 6.54 Å². The molecular formula is C18H18BrNO. The van der Waals surface area contributed by atoms with Gasteiger partial charge in [-0.05, 0) is 54.7 Å². The van der Waals surface area contributed by atoms with E-state index in [2.05, 4.69) is 40.2 Å². The Balaban J connectivity index is 1.88. The van der Waals surface area contributed by atoms with Gasteiger partial charge in [0, 0.05) is 23.1 Å². The van der Waals surface area contributed by atoms with E-state index in [-0.39, 0.29) is 5.91 Å². The number of carbonyl (C=O) groups excluding carboxylic acids is 1. The molecule has 0 aliphatic carbocycles. The molecule has 0 N–H and O–H groups in total. The maximum absolute atomic E-state index is 12.8. The van der Waals surface area contributed by atoms with Crippen molar-refractivity contribution in [2.45, 2.75) is 26.3 Å². The first kappa shape index (κ1) is 14.3. The van der Waals surface area contributed by atoms with Crippen LogP contribution >= 0.6 is 15.9 Å². The molecule has 1 heterocycles. The lowest BCUT2D eigenvalue weighted by Gasteiger charge is -2.21. The second-order valence-electron chi connectivity index (χ2n) is 5.62. The second kappa shape index (κ2) is 6.02. The number of rotatable bonds is 1. The van der Waals surface area contributed by atoms with Crippen LogP contribution in [-0.2, 0) is 13.0 Å². The van der Waals surface area contributed by atoms with E-state index < -0.39 is 0 Å². The van der Waals surface area contributed by atoms with E-state index in [1.54, 1.807) is 0 Å². The van der Waals surface area contributed by atoms with Crippen molar-refractivity contribution in [3.05, 3.63) is 69.2 Å². The maximum Gasteiger partial charge on any atom is 0.254 e. The molecule has 0 atom stereocenters. The number of benzene rings is 2. The van der Waals surface area contributed by atoms with Crippen LogP contribution in [0, 0.1) is 6.92 Å². The fraction of sp³-hybridized carbons (Fsp3) is 0.278. The van der Waals surface area contributed by atoms with Crippen LogP contribution in [0.2, 0.25) is 0 Å². The molecule has 2 aromatic carbocycles. The average molecular weight is 344 g/mol. The molecule has 2 aromatic rings. The molecule has 21 heavy (non-hydrogen) atoms. The maximum atomic E-state index is 12.8. The number of carbonyl (C=O) groups is 1. The SMILES string of the molecule is Cc1cc(Br)cc(C(=O)N2CCCc3ccccc3C2)c1. The van der Waals surface area contributed by atoms with Crippen molar-refractivity contribution in [2.24, 2.45) is 0 Å². The number of amides is 1. The van der Waals surface area contributed by atoms with Gasteiger partial charge in [-0.1, -0.05) is 40.2 Å². The Hall–Kier alpha value is -1.61. The van der Waals surface area contributed by atoms with Gasteiger partial charge in [-0.2, -0.15) is 0 Å². The van der Waals surface area contributed by atoms with Crippen LogP contribution < -0.4 is 0 Å². The predicted molar refractivity (Wildman–Crippen MR) is 88.4 cm³/mol. The number of hydrogen-bond acceptors (Lipinski definition) is 1. The van der Waals surface area contributed by atoms with Crippen LogP contribution in [0.25, 0.3) is 0 Å². The fourth-order valence-corrected chi connectivity index (χ4v) is 3.52. The van der Waals surface area contributed by atoms with E-state index in [0.29, 0.717) is 6.54 Å². The van der Waals surface area contributed by atoms with E-state index in [4.69, 9.17) is 0 Å². The molecule has 0 bridgehead atoms. The first-order chi connectivity index (χ1) is 10.1. The molecule has 0 unspecified atom stereocenters. The molecule has 0 aromatic heterocycles. The van der Waals surface area contributed by atoms with E-state index in [0.717, 1.165) is 35.0 Å². The zero-order valence-electron chi connectivity index (χ0n) is 12.1. The lowest BCUT2D eigenvalue weighted by molar-refractivity contribution is 0.0745. The van der Waals surface area contributed by atoms with E-state index >= 15 is 0 Å². The Morgan fingerprint density at radius 2 is 1.90 bits per heavy atom. The molecule has 3 rings (SSSR count). The van der Waals surface area contributed by atoms with Crippen LogP contribution in [0.5, 0.6) is 0 Å². The van der Waals surface area contributed by atoms with E-state index in [1.165, 1.54) is 11.1 Å². The van der Waals surface area contributed by atoms with Gasteiger partial charge in [0.2, 0.25) is 0 Å². The topological polar surface area (TPSA) is 20.3 Å². The summed E-state index contributed by atoms with van der Waals surface area (Å²) < 4.78 is 0.959. The molecule has 0 spiro atoms. The van der Waals surface area contributed by atoms with Gasteiger partial charge in [-0.3, -0.25) is 4.79 Å². The largest absolute Gasteiger partial charge is 0.334 e. The summed E-state index contributed by atoms with van der Waals surface area (Å²) in [6.45, 7) is 3.54. The van der Waals surface area contributed by atoms with Crippen molar-refractivity contribution < 1.29 is 4.79 Å². The summed E-state index contributed by atoms with van der Waals surface area (Å²) in [6, 6.07) is 14.3. The van der Waals surface area contributed by atoms with Gasteiger partial charge in [-0.15, -0.1) is 0 Å². The molecule has 0 fully saturated rings. The highest BCUT2D eigenvalue weighted by molar-refractivity contribution is 9.10. The van der Waals surface area contributed by atoms with Crippen LogP contribution in [-0.4, -0.2) is 17.4 Å². The van der Waals surface area contributed by atoms with Gasteiger partial charge in [0.15, 0.2) is 0 Å². The molecular weight excluding hydrogens is 326 g/mol. The van der Waals surface area contributed by atoms with Gasteiger partial charge in [-0.25, -0.2) is 0 Å². The zero-order valence-corrected chi connectivity index (χ0v) is 13.7. The van der Waals surface area contributed by atoms with Crippen molar-refractivity contribution in [1.29, 1.82) is 0 Å². The Bertz CT molecular complexity index is 660. The summed E-state index contributed by atoms with van der Waals surface area (Å²) in [5.41, 5.74) is 4.51. The summed E-state index contributed by atoms with van der Waals surface area (Å²) in [7, 11) is 0. The minimum atomic E-state index is 0.121. The summed E-state index contributed by atoms with van der Waals surface area (Å²) in [5.74, 6) is 0.121. The highest BCUT2D eigenvalue weighted by Crippen LogP contribution is 2.22. The number of hydrogen-bond donors (Lipinski definition) is 0. The van der Waals surface area contributed by atoms with Gasteiger partial charge in [0.1, 0.15) is 0 Å². The van der Waals surface area contributed by atoms with Gasteiger partial charge < -0.3 is 4.90 Å². The van der Waals surface area contributed by atoms with Crippen LogP contribution in [0.1, 0.15) is 33.5 Å². The minimum Gasteiger partial charge on any atom is -0.334 e. The van der Waals surface area contributed by atoms with Crippen LogP contribution in [0.15, 0.2) is 46.9 Å². The molecule has 1 aliphatic heterocycles. The Labute approximate surface area is 133 Å². The Morgan fingerprint density at radius 1 is 1.14 bits per heavy atom. The molecule has 2 nitrogen and oxygen atoms in total. The monoisotopic (exact) mass is 343 g/mol. The van der Waals surface area contributed by atoms with Crippen molar-refractivity contribution in [1.82, 2.24) is 4.90 Å². The lowest BCUT2D eigenvalue weighted by Crippen LogP contribution is -2.30. The lowest BCUT2D eigenvalue weighted by atomic mass is 10.0. The first-order valence-corrected chi connectivity index (χ1v) is 8.06. The third-order valence-electron chi connectivity index (χ3n) is 3.93. The van der Waals surface area contributed by atoms with Gasteiger partial charge in [0.25, 0.3) is 5.91 Å². The number of halogens is 1. The smallest absolute Gasteiger partial charge is 0.254 e. The summed E-state index contributed by atoms with van der Waals surface area (Å²) >= 11 is 3.48. The molecule has 3 heteroatoms. The van der Waals surface area contributed by atoms with Gasteiger partial charge in [0.05, 0.1) is 0 Å². The third kappa shape index (κ3) is 3.18. The van der Waals surface area contributed by atoms with Crippen molar-refractivity contribution in [3.63, 3.8) is 0 Å². The zero-order chi connectivity index (χ0) is 14.8. The molecule has 1 amide bonds. The summed E-state index contributed by atoms with van der Waals surface area (Å²) in [4.78, 5) is 14.7. The standard InChI is InChI=1S/C18H18BrNO/c1-13-9-16(11-17(19)10-13)18(21)20-8-4-7-14-5-2-3-6-15(14)12-20/h2-3,5-6,9-11H,4,7-8,12H2,1H3. The normalized spacial score (nSPS) is 14.5. The van der Waals surface area contributed by atoms with Crippen molar-refractivity contribution >= 4 is 21.8 Å². The minimum absolute atomic E-state index is 0.121. The van der Waals surface area contributed by atoms with E-state index in [9.17, 15) is 4.79 Å². The van der Waals surface area contributed by atoms with E-state index in [1.807, 2.05) is 30.0 Å². The van der Waals surface area contributed by atoms with Crippen LogP contribution in [0.4, 0.5) is 0 Å². The second-order valence-corrected chi connectivity index (χ2v) is 6.53. The molecule has 1 aliphatic rings. The number of aryl methyl sites for hydroxylation is 2. The highest BCUT2D eigenvalue weighted by atomic mass is 79.9. The van der Waals surface area contributed by atoms with Crippen LogP contribution in [0.3, 0.4) is 0 Å². The summed E-state index contributed by atoms with van der Waals surface area (Å²) in [5, 5.41) is 0. The first-order valence-electron chi connectivity index (χ1n) is 7.27. The highest BCUT2D eigenvalue weighted by Gasteiger charge is 2.20. The molecule has 0 radical (unpaired) electrons. The average Bonchev–Trinajstić information content (AvgIpc) is 2.67. The number of fused-ring (bicyclic) bond motifs is 1. The number of nitrogens with zero attached hydrogens (tertiary/aromatic N) is 1. The Morgan fingerprint density at radius 3 is 2.67 bits per heavy atom. The fourth-order valence-electron chi connectivity index (χ4n) is 2.92. The van der Waals surface area contributed by atoms with Crippen molar-refractivity contribution in [3.8, 4) is 0 Å². The molecule has 0 saturated heterocycles. The predicted octanol–water partition coefficient (Wildman–Crippen LogP) is 4.35. The third-order valence-corrected chi connectivity index (χ3v) is 4.39. The van der Waals surface area contributed by atoms with Gasteiger partial charge >= 0.3 is 0 Å². The molecule has 0 saturated carbocycles. The quantitative estimate of drug-likeness (QED) is 0.753. The summed E-state index contributed by atoms with van der Waals surface area (Å²) in [6.07, 6.45) is 2.08. The molecule has 108 valence electrons. The Kier molecular flexibility index (Phi) is 4.11.